The van der Waals surface area contributed by atoms with Crippen molar-refractivity contribution < 1.29 is 14.6 Å². The molecule has 34 heavy (non-hydrogen) atoms. The van der Waals surface area contributed by atoms with Crippen molar-refractivity contribution in [3.63, 3.8) is 0 Å². The Kier molecular flexibility index (Phi) is 5.94. The van der Waals surface area contributed by atoms with Crippen LogP contribution in [0, 0.1) is 11.3 Å². The summed E-state index contributed by atoms with van der Waals surface area (Å²) in [5, 5.41) is 32.5. The number of carbonyl (C=O) groups is 1. The van der Waals surface area contributed by atoms with E-state index in [1.807, 2.05) is 32.0 Å². The van der Waals surface area contributed by atoms with Gasteiger partial charge >= 0.3 is 6.03 Å². The lowest BCUT2D eigenvalue weighted by atomic mass is 10.0. The summed E-state index contributed by atoms with van der Waals surface area (Å²) in [6, 6.07) is 13.6. The molecule has 2 aromatic carbocycles. The van der Waals surface area contributed by atoms with E-state index in [4.69, 9.17) is 4.74 Å². The molecule has 2 heterocycles. The van der Waals surface area contributed by atoms with Gasteiger partial charge in [0.25, 0.3) is 0 Å². The molecule has 1 aliphatic heterocycles. The predicted molar refractivity (Wildman–Crippen MR) is 128 cm³/mol. The number of β-amino-alcohol motifs (C(OH)–C–C–N with tert-alkyl or cyclic N) is 1. The van der Waals surface area contributed by atoms with Gasteiger partial charge in [0, 0.05) is 11.1 Å². The molecule has 5 rings (SSSR count). The number of nitriles is 1. The third-order valence-corrected chi connectivity index (χ3v) is 7.09. The van der Waals surface area contributed by atoms with Crippen LogP contribution in [0.2, 0.25) is 0 Å². The molecule has 1 fully saturated rings. The lowest BCUT2D eigenvalue weighted by molar-refractivity contribution is 0.0257. The summed E-state index contributed by atoms with van der Waals surface area (Å²) in [6.45, 7) is 4.62. The van der Waals surface area contributed by atoms with Crippen molar-refractivity contribution in [2.45, 2.75) is 44.9 Å². The second-order valence-electron chi connectivity index (χ2n) is 8.87. The van der Waals surface area contributed by atoms with E-state index in [1.165, 1.54) is 16.9 Å². The van der Waals surface area contributed by atoms with Crippen LogP contribution >= 0.6 is 11.3 Å². The van der Waals surface area contributed by atoms with Gasteiger partial charge in [-0.3, -0.25) is 0 Å². The topological polar surface area (TPSA) is 111 Å². The average Bonchev–Trinajstić information content (AvgIpc) is 3.44. The average molecular weight is 476 g/mol. The predicted octanol–water partition coefficient (Wildman–Crippen LogP) is 3.90. The first-order chi connectivity index (χ1) is 16.4. The van der Waals surface area contributed by atoms with E-state index in [-0.39, 0.29) is 18.2 Å². The lowest BCUT2D eigenvalue weighted by Crippen LogP contribution is -2.57. The molecule has 2 aliphatic rings. The zero-order valence-corrected chi connectivity index (χ0v) is 19.8. The van der Waals surface area contributed by atoms with Gasteiger partial charge in [0.05, 0.1) is 36.9 Å². The maximum atomic E-state index is 12.4. The number of urea groups is 1. The first kappa shape index (κ1) is 22.3. The molecule has 9 heteroatoms. The van der Waals surface area contributed by atoms with Crippen molar-refractivity contribution in [2.75, 3.05) is 13.1 Å². The Labute approximate surface area is 201 Å². The minimum atomic E-state index is -0.414. The highest BCUT2D eigenvalue weighted by Gasteiger charge is 2.33. The van der Waals surface area contributed by atoms with Gasteiger partial charge in [-0.2, -0.15) is 5.26 Å². The number of fused-ring (bicyclic) bond motifs is 1. The number of aromatic nitrogens is 2. The molecule has 174 valence electrons. The first-order valence-corrected chi connectivity index (χ1v) is 12.1. The summed E-state index contributed by atoms with van der Waals surface area (Å²) in [5.74, 6) is 0.563. The maximum Gasteiger partial charge on any atom is 0.318 e. The highest BCUT2D eigenvalue weighted by Crippen LogP contribution is 2.40. The summed E-state index contributed by atoms with van der Waals surface area (Å²) in [5.41, 5.74) is 4.60. The normalized spacial score (nSPS) is 17.3. The Hall–Kier alpha value is -3.48. The van der Waals surface area contributed by atoms with Crippen molar-refractivity contribution in [1.82, 2.24) is 20.4 Å². The Morgan fingerprint density at radius 1 is 1.26 bits per heavy atom. The van der Waals surface area contributed by atoms with Crippen LogP contribution in [-0.4, -0.2) is 51.5 Å². The second kappa shape index (κ2) is 9.05. The molecule has 3 aromatic rings. The summed E-state index contributed by atoms with van der Waals surface area (Å²) >= 11 is 1.48. The summed E-state index contributed by atoms with van der Waals surface area (Å²) < 4.78 is 5.72. The van der Waals surface area contributed by atoms with Crippen LogP contribution in [0.5, 0.6) is 5.75 Å². The largest absolute Gasteiger partial charge is 0.490 e. The van der Waals surface area contributed by atoms with Crippen LogP contribution < -0.4 is 10.1 Å². The Morgan fingerprint density at radius 3 is 2.79 bits per heavy atom. The third-order valence-electron chi connectivity index (χ3n) is 6.08. The number of benzene rings is 2. The van der Waals surface area contributed by atoms with Crippen LogP contribution in [0.4, 0.5) is 4.79 Å². The van der Waals surface area contributed by atoms with E-state index in [9.17, 15) is 15.2 Å². The molecule has 1 aliphatic carbocycles. The van der Waals surface area contributed by atoms with Crippen molar-refractivity contribution in [3.8, 4) is 33.0 Å². The number of nitrogens with zero attached hydrogens (tertiary/aromatic N) is 4. The highest BCUT2D eigenvalue weighted by molar-refractivity contribution is 7.17. The van der Waals surface area contributed by atoms with E-state index in [0.717, 1.165) is 39.5 Å². The van der Waals surface area contributed by atoms with E-state index in [2.05, 4.69) is 27.6 Å². The zero-order valence-electron chi connectivity index (χ0n) is 19.0. The number of aliphatic hydroxyl groups is 1. The molecule has 2 amide bonds. The number of aliphatic hydroxyl groups excluding tert-OH is 1. The Balaban J connectivity index is 1.38. The number of nitrogens with one attached hydrogen (secondary N) is 1. The van der Waals surface area contributed by atoms with Gasteiger partial charge in [-0.25, -0.2) is 4.79 Å². The van der Waals surface area contributed by atoms with Gasteiger partial charge in [-0.1, -0.05) is 29.5 Å². The number of amides is 2. The first-order valence-electron chi connectivity index (χ1n) is 11.3. The molecule has 1 saturated heterocycles. The molecule has 0 radical (unpaired) electrons. The van der Waals surface area contributed by atoms with Crippen LogP contribution in [0.1, 0.15) is 43.0 Å². The van der Waals surface area contributed by atoms with Crippen molar-refractivity contribution in [2.24, 2.45) is 0 Å². The standard InChI is InChI=1S/C25H25N5O3S/c1-14(2)33-22-9-6-15(10-16(22)11-26)23-28-29-24(34-23)20-5-3-4-19-18(20)7-8-21(19)27-25(32)30-12-17(31)13-30/h3-6,9-10,14,17,21,31H,7-8,12-13H2,1-2H3,(H,27,32). The summed E-state index contributed by atoms with van der Waals surface area (Å²) in [4.78, 5) is 14.1. The van der Waals surface area contributed by atoms with Crippen molar-refractivity contribution >= 4 is 17.4 Å². The SMILES string of the molecule is CC(C)Oc1ccc(-c2nnc(-c3cccc4c3CCC4NC(=O)N3CC(O)C3)s2)cc1C#N. The van der Waals surface area contributed by atoms with E-state index >= 15 is 0 Å². The minimum absolute atomic E-state index is 0.0163. The van der Waals surface area contributed by atoms with Crippen LogP contribution in [0.15, 0.2) is 36.4 Å². The fraction of sp³-hybridized carbons (Fsp3) is 0.360. The fourth-order valence-electron chi connectivity index (χ4n) is 4.42. The van der Waals surface area contributed by atoms with Crippen LogP contribution in [-0.2, 0) is 6.42 Å². The summed E-state index contributed by atoms with van der Waals surface area (Å²) in [6.07, 6.45) is 1.23. The number of rotatable bonds is 5. The fourth-order valence-corrected chi connectivity index (χ4v) is 5.31. The Bertz CT molecular complexity index is 1280. The number of carbonyl (C=O) groups excluding carboxylic acids is 1. The van der Waals surface area contributed by atoms with Crippen molar-refractivity contribution in [3.05, 3.63) is 53.1 Å². The minimum Gasteiger partial charge on any atom is -0.490 e. The zero-order chi connectivity index (χ0) is 23.8. The van der Waals surface area contributed by atoms with Gasteiger partial charge in [-0.15, -0.1) is 10.2 Å². The molecular formula is C25H25N5O3S. The third kappa shape index (κ3) is 4.22. The number of hydrogen-bond acceptors (Lipinski definition) is 7. The van der Waals surface area contributed by atoms with E-state index < -0.39 is 6.10 Å². The Morgan fingerprint density at radius 2 is 2.06 bits per heavy atom. The van der Waals surface area contributed by atoms with Gasteiger partial charge in [0.2, 0.25) is 0 Å². The quantitative estimate of drug-likeness (QED) is 0.579. The number of hydrogen-bond donors (Lipinski definition) is 2. The molecule has 2 N–H and O–H groups in total. The monoisotopic (exact) mass is 475 g/mol. The molecule has 0 bridgehead atoms. The maximum absolute atomic E-state index is 12.4. The molecule has 8 nitrogen and oxygen atoms in total. The molecule has 0 saturated carbocycles. The van der Waals surface area contributed by atoms with Gasteiger partial charge < -0.3 is 20.1 Å². The van der Waals surface area contributed by atoms with Gasteiger partial charge in [0.15, 0.2) is 0 Å². The van der Waals surface area contributed by atoms with E-state index in [1.54, 1.807) is 17.0 Å². The number of likely N-dealkylation sites (tertiary alicyclic amines) is 1. The number of ether oxygens (including phenoxy) is 1. The molecule has 0 spiro atoms. The van der Waals surface area contributed by atoms with E-state index in [0.29, 0.717) is 24.4 Å². The van der Waals surface area contributed by atoms with Gasteiger partial charge in [0.1, 0.15) is 21.8 Å². The lowest BCUT2D eigenvalue weighted by Gasteiger charge is -2.36. The highest BCUT2D eigenvalue weighted by atomic mass is 32.1. The molecule has 1 aromatic heterocycles. The summed E-state index contributed by atoms with van der Waals surface area (Å²) in [7, 11) is 0. The molecule has 1 unspecified atom stereocenters. The van der Waals surface area contributed by atoms with Crippen molar-refractivity contribution in [1.29, 1.82) is 5.26 Å². The van der Waals surface area contributed by atoms with Crippen LogP contribution in [0.25, 0.3) is 21.1 Å². The van der Waals surface area contributed by atoms with Gasteiger partial charge in [-0.05, 0) is 56.0 Å². The molecular weight excluding hydrogens is 450 g/mol. The smallest absolute Gasteiger partial charge is 0.318 e. The second-order valence-corrected chi connectivity index (χ2v) is 9.85. The van der Waals surface area contributed by atoms with Crippen LogP contribution in [0.3, 0.4) is 0 Å². The molecule has 1 atom stereocenters.